The average Bonchev–Trinajstić information content (AvgIpc) is 2.74. The molecule has 3 rings (SSSR count). The van der Waals surface area contributed by atoms with Crippen molar-refractivity contribution in [3.63, 3.8) is 0 Å². The van der Waals surface area contributed by atoms with Crippen molar-refractivity contribution in [1.29, 1.82) is 0 Å². The van der Waals surface area contributed by atoms with Crippen LogP contribution in [-0.4, -0.2) is 23.3 Å². The van der Waals surface area contributed by atoms with E-state index < -0.39 is 0 Å². The lowest BCUT2D eigenvalue weighted by molar-refractivity contribution is 0.00578. The van der Waals surface area contributed by atoms with E-state index in [4.69, 9.17) is 9.31 Å². The maximum atomic E-state index is 6.07. The smallest absolute Gasteiger partial charge is 0.399 e. The number of nitrogens with one attached hydrogen (secondary N) is 1. The molecule has 0 radical (unpaired) electrons. The molecule has 1 aromatic carbocycles. The molecule has 1 N–H and O–H groups in total. The van der Waals surface area contributed by atoms with E-state index in [0.29, 0.717) is 0 Å². The zero-order valence-electron chi connectivity index (χ0n) is 12.2. The second-order valence-electron chi connectivity index (χ2n) is 6.39. The molecule has 0 atom stereocenters. The Morgan fingerprint density at radius 1 is 1.00 bits per heavy atom. The first-order chi connectivity index (χ1) is 8.78. The molecule has 2 aromatic rings. The Morgan fingerprint density at radius 2 is 1.63 bits per heavy atom. The van der Waals surface area contributed by atoms with Crippen molar-refractivity contribution in [1.82, 2.24) is 4.98 Å². The quantitative estimate of drug-likeness (QED) is 0.797. The van der Waals surface area contributed by atoms with Crippen LogP contribution < -0.4 is 5.46 Å². The number of H-pyrrole nitrogens is 1. The highest BCUT2D eigenvalue weighted by Crippen LogP contribution is 2.36. The molecule has 1 fully saturated rings. The van der Waals surface area contributed by atoms with Gasteiger partial charge in [0.1, 0.15) is 0 Å². The van der Waals surface area contributed by atoms with Crippen molar-refractivity contribution in [3.8, 4) is 0 Å². The molecule has 0 spiro atoms. The van der Waals surface area contributed by atoms with Gasteiger partial charge in [0.05, 0.1) is 11.2 Å². The van der Waals surface area contributed by atoms with Gasteiger partial charge in [-0.3, -0.25) is 0 Å². The van der Waals surface area contributed by atoms with Crippen LogP contribution in [0.2, 0.25) is 0 Å². The minimum absolute atomic E-state index is 0.293. The van der Waals surface area contributed by atoms with Crippen LogP contribution in [0, 0.1) is 6.92 Å². The summed E-state index contributed by atoms with van der Waals surface area (Å²) in [6.07, 6.45) is 0. The molecule has 2 heterocycles. The van der Waals surface area contributed by atoms with E-state index in [1.807, 2.05) is 0 Å². The Morgan fingerprint density at radius 3 is 2.26 bits per heavy atom. The molecule has 0 bridgehead atoms. The number of hydrogen-bond donors (Lipinski definition) is 1. The monoisotopic (exact) mass is 257 g/mol. The number of aromatic nitrogens is 1. The molecular weight excluding hydrogens is 237 g/mol. The summed E-state index contributed by atoms with van der Waals surface area (Å²) >= 11 is 0. The predicted molar refractivity (Wildman–Crippen MR) is 78.8 cm³/mol. The number of aromatic amines is 1. The predicted octanol–water partition coefficient (Wildman–Crippen LogP) is 2.78. The van der Waals surface area contributed by atoms with Gasteiger partial charge in [0, 0.05) is 11.2 Å². The van der Waals surface area contributed by atoms with Crippen LogP contribution in [-0.2, 0) is 9.31 Å². The summed E-state index contributed by atoms with van der Waals surface area (Å²) in [5.74, 6) is 0. The standard InChI is InChI=1S/C15H20BNO2/c1-10-8-11-6-7-12(9-13(11)17-10)16-18-14(2,3)15(4,5)19-16/h6-9,17H,1-5H3. The molecule has 0 aliphatic carbocycles. The van der Waals surface area contributed by atoms with Crippen LogP contribution in [0.4, 0.5) is 0 Å². The Bertz CT molecular complexity index is 614. The fourth-order valence-corrected chi connectivity index (χ4v) is 2.42. The third-order valence-corrected chi connectivity index (χ3v) is 4.31. The zero-order chi connectivity index (χ0) is 13.8. The number of benzene rings is 1. The molecule has 1 aromatic heterocycles. The van der Waals surface area contributed by atoms with Crippen LogP contribution in [0.3, 0.4) is 0 Å². The first-order valence-corrected chi connectivity index (χ1v) is 6.73. The second kappa shape index (κ2) is 3.87. The molecule has 3 nitrogen and oxygen atoms in total. The molecular formula is C15H20BNO2. The van der Waals surface area contributed by atoms with E-state index in [2.05, 4.69) is 63.9 Å². The lowest BCUT2D eigenvalue weighted by Crippen LogP contribution is -2.41. The number of aryl methyl sites for hydroxylation is 1. The number of hydrogen-bond acceptors (Lipinski definition) is 2. The molecule has 19 heavy (non-hydrogen) atoms. The highest BCUT2D eigenvalue weighted by atomic mass is 16.7. The van der Waals surface area contributed by atoms with E-state index in [-0.39, 0.29) is 18.3 Å². The first kappa shape index (κ1) is 12.8. The van der Waals surface area contributed by atoms with Gasteiger partial charge in [-0.15, -0.1) is 0 Å². The lowest BCUT2D eigenvalue weighted by atomic mass is 9.79. The van der Waals surface area contributed by atoms with Crippen molar-refractivity contribution >= 4 is 23.5 Å². The Balaban J connectivity index is 1.97. The van der Waals surface area contributed by atoms with Crippen molar-refractivity contribution < 1.29 is 9.31 Å². The van der Waals surface area contributed by atoms with Crippen molar-refractivity contribution in [2.24, 2.45) is 0 Å². The lowest BCUT2D eigenvalue weighted by Gasteiger charge is -2.32. The summed E-state index contributed by atoms with van der Waals surface area (Å²) in [5, 5.41) is 1.22. The molecule has 0 saturated carbocycles. The largest absolute Gasteiger partial charge is 0.494 e. The van der Waals surface area contributed by atoms with Gasteiger partial charge in [0.25, 0.3) is 0 Å². The van der Waals surface area contributed by atoms with Gasteiger partial charge in [0.15, 0.2) is 0 Å². The molecule has 4 heteroatoms. The number of fused-ring (bicyclic) bond motifs is 1. The van der Waals surface area contributed by atoms with E-state index in [1.54, 1.807) is 0 Å². The summed E-state index contributed by atoms with van der Waals surface area (Å²) in [7, 11) is -0.294. The second-order valence-corrected chi connectivity index (χ2v) is 6.39. The van der Waals surface area contributed by atoms with Gasteiger partial charge < -0.3 is 14.3 Å². The highest BCUT2D eigenvalue weighted by Gasteiger charge is 2.51. The molecule has 0 unspecified atom stereocenters. The van der Waals surface area contributed by atoms with Gasteiger partial charge in [-0.2, -0.15) is 0 Å². The van der Waals surface area contributed by atoms with Crippen LogP contribution >= 0.6 is 0 Å². The van der Waals surface area contributed by atoms with Gasteiger partial charge >= 0.3 is 7.12 Å². The average molecular weight is 257 g/mol. The Kier molecular flexibility index (Phi) is 2.60. The molecule has 1 saturated heterocycles. The zero-order valence-corrected chi connectivity index (χ0v) is 12.2. The van der Waals surface area contributed by atoms with Crippen molar-refractivity contribution in [3.05, 3.63) is 30.0 Å². The topological polar surface area (TPSA) is 34.2 Å². The van der Waals surface area contributed by atoms with E-state index in [1.165, 1.54) is 11.1 Å². The minimum atomic E-state index is -0.294. The normalized spacial score (nSPS) is 21.2. The highest BCUT2D eigenvalue weighted by molar-refractivity contribution is 6.62. The summed E-state index contributed by atoms with van der Waals surface area (Å²) in [6, 6.07) is 8.45. The van der Waals surface area contributed by atoms with Crippen molar-refractivity contribution in [2.75, 3.05) is 0 Å². The molecule has 1 aliphatic rings. The van der Waals surface area contributed by atoms with Gasteiger partial charge in [0.2, 0.25) is 0 Å². The van der Waals surface area contributed by atoms with E-state index in [9.17, 15) is 0 Å². The maximum Gasteiger partial charge on any atom is 0.494 e. The summed E-state index contributed by atoms with van der Waals surface area (Å²) < 4.78 is 12.1. The Labute approximate surface area is 114 Å². The fraction of sp³-hybridized carbons (Fsp3) is 0.467. The van der Waals surface area contributed by atoms with Gasteiger partial charge in [-0.05, 0) is 57.6 Å². The van der Waals surface area contributed by atoms with Crippen LogP contribution in [0.25, 0.3) is 10.9 Å². The first-order valence-electron chi connectivity index (χ1n) is 6.73. The Hall–Kier alpha value is -1.26. The van der Waals surface area contributed by atoms with Gasteiger partial charge in [-0.1, -0.05) is 12.1 Å². The molecule has 0 amide bonds. The summed E-state index contributed by atoms with van der Waals surface area (Å²) in [5.41, 5.74) is 2.77. The third kappa shape index (κ3) is 1.99. The third-order valence-electron chi connectivity index (χ3n) is 4.31. The minimum Gasteiger partial charge on any atom is -0.399 e. The molecule has 100 valence electrons. The number of rotatable bonds is 1. The molecule has 1 aliphatic heterocycles. The maximum absolute atomic E-state index is 6.07. The van der Waals surface area contributed by atoms with Gasteiger partial charge in [-0.25, -0.2) is 0 Å². The summed E-state index contributed by atoms with van der Waals surface area (Å²) in [6.45, 7) is 10.4. The van der Waals surface area contributed by atoms with Crippen LogP contribution in [0.15, 0.2) is 24.3 Å². The fourth-order valence-electron chi connectivity index (χ4n) is 2.42. The SMILES string of the molecule is Cc1cc2ccc(B3OC(C)(C)C(C)(C)O3)cc2[nH]1. The van der Waals surface area contributed by atoms with Crippen LogP contribution in [0.1, 0.15) is 33.4 Å². The van der Waals surface area contributed by atoms with E-state index >= 15 is 0 Å². The van der Waals surface area contributed by atoms with E-state index in [0.717, 1.165) is 11.0 Å². The van der Waals surface area contributed by atoms with Crippen LogP contribution in [0.5, 0.6) is 0 Å². The summed E-state index contributed by atoms with van der Waals surface area (Å²) in [4.78, 5) is 3.35. The van der Waals surface area contributed by atoms with Crippen molar-refractivity contribution in [2.45, 2.75) is 45.8 Å².